The van der Waals surface area contributed by atoms with Gasteiger partial charge < -0.3 is 0 Å². The van der Waals surface area contributed by atoms with Gasteiger partial charge in [-0.25, -0.2) is 4.99 Å². The predicted molar refractivity (Wildman–Crippen MR) is 221 cm³/mol. The molecule has 0 heterocycles. The summed E-state index contributed by atoms with van der Waals surface area (Å²) < 4.78 is 0. The smallest absolute Gasteiger partial charge is 0.0991 e. The Morgan fingerprint density at radius 2 is 1.33 bits per heavy atom. The van der Waals surface area contributed by atoms with Crippen molar-refractivity contribution in [2.45, 2.75) is 47.0 Å². The highest BCUT2D eigenvalue weighted by molar-refractivity contribution is 6.14. The first-order valence-corrected chi connectivity index (χ1v) is 18.0. The molecule has 1 aliphatic rings. The van der Waals surface area contributed by atoms with Crippen LogP contribution in [-0.4, -0.2) is 5.71 Å². The number of allylic oxidation sites excluding steroid dienone is 5. The van der Waals surface area contributed by atoms with Gasteiger partial charge in [-0.1, -0.05) is 161 Å². The van der Waals surface area contributed by atoms with Gasteiger partial charge in [0.05, 0.1) is 23.0 Å². The molecule has 2 heteroatoms. The Bertz CT molecular complexity index is 2460. The minimum absolute atomic E-state index is 0.167. The second-order valence-electron chi connectivity index (χ2n) is 14.9. The van der Waals surface area contributed by atoms with Gasteiger partial charge >= 0.3 is 0 Å². The van der Waals surface area contributed by atoms with Gasteiger partial charge in [-0.05, 0) is 93.9 Å². The monoisotopic (exact) mass is 672 g/mol. The summed E-state index contributed by atoms with van der Waals surface area (Å²) in [6.45, 7) is 13.4. The Hall–Kier alpha value is -6.04. The molecule has 6 aromatic carbocycles. The van der Waals surface area contributed by atoms with Crippen LogP contribution in [0.2, 0.25) is 0 Å². The van der Waals surface area contributed by atoms with Crippen molar-refractivity contribution in [2.24, 2.45) is 10.4 Å². The summed E-state index contributed by atoms with van der Waals surface area (Å²) in [5.41, 5.74) is 14.3. The molecule has 0 spiro atoms. The van der Waals surface area contributed by atoms with E-state index in [1.54, 1.807) is 0 Å². The molecule has 0 aromatic heterocycles. The molecule has 0 N–H and O–H groups in total. The van der Waals surface area contributed by atoms with Crippen molar-refractivity contribution in [2.75, 3.05) is 0 Å². The summed E-state index contributed by atoms with van der Waals surface area (Å²) in [6.07, 6.45) is 9.06. The molecule has 2 nitrogen and oxygen atoms in total. The van der Waals surface area contributed by atoms with Crippen molar-refractivity contribution < 1.29 is 0 Å². The number of fused-ring (bicyclic) bond motifs is 4. The Kier molecular flexibility index (Phi) is 9.22. The van der Waals surface area contributed by atoms with E-state index in [2.05, 4.69) is 193 Å². The summed E-state index contributed by atoms with van der Waals surface area (Å²) in [6, 6.07) is 49.2. The summed E-state index contributed by atoms with van der Waals surface area (Å²) >= 11 is 0. The molecule has 0 radical (unpaired) electrons. The second-order valence-corrected chi connectivity index (χ2v) is 14.9. The van der Waals surface area contributed by atoms with Crippen molar-refractivity contribution >= 4 is 33.8 Å². The van der Waals surface area contributed by atoms with Gasteiger partial charge in [0, 0.05) is 22.0 Å². The molecule has 0 saturated heterocycles. The largest absolute Gasteiger partial charge is 0.248 e. The van der Waals surface area contributed by atoms with Crippen LogP contribution in [0.3, 0.4) is 0 Å². The minimum atomic E-state index is -0.174. The number of hydrogen-bond donors (Lipinski definition) is 0. The third-order valence-corrected chi connectivity index (χ3v) is 10.7. The minimum Gasteiger partial charge on any atom is -0.248 e. The summed E-state index contributed by atoms with van der Waals surface area (Å²) in [5.74, 6) is 0. The standard InChI is InChI=1S/C50H44N2/c1-7-37(42-23-26-45-44-25-19-36(33-51)30-46(44)50(5,6)47(45)32-42)29-34(2)49(3,4)28-27-35-17-20-40(21-18-35)48(39-14-9-8-10-15-39)52-43-24-22-38-13-11-12-16-41(38)31-43/h7-32H,1-6H3/b28-27-,34-29+,37-7+,52-48-. The lowest BCUT2D eigenvalue weighted by molar-refractivity contribution is 0.583. The molecule has 0 atom stereocenters. The molecule has 0 fully saturated rings. The first-order valence-electron chi connectivity index (χ1n) is 18.0. The molecule has 0 aliphatic heterocycles. The Labute approximate surface area is 308 Å². The highest BCUT2D eigenvalue weighted by atomic mass is 14.7. The van der Waals surface area contributed by atoms with Crippen LogP contribution in [-0.2, 0) is 5.41 Å². The van der Waals surface area contributed by atoms with E-state index >= 15 is 0 Å². The Balaban J connectivity index is 1.12. The van der Waals surface area contributed by atoms with Gasteiger partial charge in [-0.15, -0.1) is 0 Å². The molecule has 0 bridgehead atoms. The van der Waals surface area contributed by atoms with E-state index in [9.17, 15) is 5.26 Å². The van der Waals surface area contributed by atoms with Gasteiger partial charge in [0.2, 0.25) is 0 Å². The molecule has 6 aromatic rings. The van der Waals surface area contributed by atoms with Gasteiger partial charge in [-0.3, -0.25) is 0 Å². The first-order chi connectivity index (χ1) is 25.1. The average Bonchev–Trinajstić information content (AvgIpc) is 3.40. The van der Waals surface area contributed by atoms with E-state index in [-0.39, 0.29) is 10.8 Å². The summed E-state index contributed by atoms with van der Waals surface area (Å²) in [7, 11) is 0. The van der Waals surface area contributed by atoms with Crippen molar-refractivity contribution in [3.63, 3.8) is 0 Å². The van der Waals surface area contributed by atoms with Crippen LogP contribution in [0.25, 0.3) is 33.5 Å². The van der Waals surface area contributed by atoms with Crippen molar-refractivity contribution in [1.82, 2.24) is 0 Å². The zero-order valence-corrected chi connectivity index (χ0v) is 30.9. The zero-order valence-electron chi connectivity index (χ0n) is 30.9. The van der Waals surface area contributed by atoms with Crippen LogP contribution in [0.4, 0.5) is 5.69 Å². The molecular formula is C50H44N2. The molecule has 0 amide bonds. The van der Waals surface area contributed by atoms with Crippen LogP contribution in [0.1, 0.15) is 80.5 Å². The van der Waals surface area contributed by atoms with Gasteiger partial charge in [0.1, 0.15) is 0 Å². The highest BCUT2D eigenvalue weighted by Gasteiger charge is 2.36. The molecule has 0 saturated carbocycles. The van der Waals surface area contributed by atoms with E-state index in [4.69, 9.17) is 4.99 Å². The third kappa shape index (κ3) is 6.71. The zero-order chi connectivity index (χ0) is 36.5. The first kappa shape index (κ1) is 34.4. The molecule has 254 valence electrons. The molecule has 7 rings (SSSR count). The van der Waals surface area contributed by atoms with E-state index in [1.165, 1.54) is 49.7 Å². The second kappa shape index (κ2) is 13.9. The van der Waals surface area contributed by atoms with Crippen molar-refractivity contribution in [1.29, 1.82) is 5.26 Å². The third-order valence-electron chi connectivity index (χ3n) is 10.7. The molecule has 52 heavy (non-hydrogen) atoms. The maximum absolute atomic E-state index is 9.52. The van der Waals surface area contributed by atoms with E-state index in [0.29, 0.717) is 5.56 Å². The van der Waals surface area contributed by atoms with E-state index in [1.807, 2.05) is 12.1 Å². The van der Waals surface area contributed by atoms with Crippen LogP contribution >= 0.6 is 0 Å². The van der Waals surface area contributed by atoms with Gasteiger partial charge in [0.15, 0.2) is 0 Å². The van der Waals surface area contributed by atoms with E-state index < -0.39 is 0 Å². The number of nitriles is 1. The van der Waals surface area contributed by atoms with Crippen LogP contribution in [0, 0.1) is 16.7 Å². The number of aliphatic imine (C=N–C) groups is 1. The normalized spacial score (nSPS) is 14.4. The lowest BCUT2D eigenvalue weighted by atomic mass is 9.80. The lowest BCUT2D eigenvalue weighted by Gasteiger charge is -2.24. The SMILES string of the molecule is C/C=C(\C=C(/C)C(C)(C)/C=C\c1ccc(/C(=N\c2ccc3ccccc3c2)c2ccccc2)cc1)c1ccc2c(c1)C(C)(C)c1cc(C#N)ccc1-2. The summed E-state index contributed by atoms with van der Waals surface area (Å²) in [4.78, 5) is 5.17. The number of benzene rings is 6. The highest BCUT2D eigenvalue weighted by Crippen LogP contribution is 2.49. The molecule has 0 unspecified atom stereocenters. The number of nitrogens with zero attached hydrogens (tertiary/aromatic N) is 2. The van der Waals surface area contributed by atoms with Crippen molar-refractivity contribution in [3.05, 3.63) is 196 Å². The number of hydrogen-bond acceptors (Lipinski definition) is 2. The van der Waals surface area contributed by atoms with Crippen LogP contribution in [0.15, 0.2) is 162 Å². The predicted octanol–water partition coefficient (Wildman–Crippen LogP) is 13.3. The Morgan fingerprint density at radius 1 is 0.692 bits per heavy atom. The quantitative estimate of drug-likeness (QED) is 0.117. The molecular weight excluding hydrogens is 629 g/mol. The van der Waals surface area contributed by atoms with Crippen LogP contribution < -0.4 is 0 Å². The maximum atomic E-state index is 9.52. The van der Waals surface area contributed by atoms with Crippen molar-refractivity contribution in [3.8, 4) is 17.2 Å². The maximum Gasteiger partial charge on any atom is 0.0991 e. The molecule has 1 aliphatic carbocycles. The Morgan fingerprint density at radius 3 is 2.04 bits per heavy atom. The fraction of sp³-hybridized carbons (Fsp3) is 0.160. The lowest BCUT2D eigenvalue weighted by Crippen LogP contribution is -2.15. The van der Waals surface area contributed by atoms with Gasteiger partial charge in [0.25, 0.3) is 0 Å². The van der Waals surface area contributed by atoms with E-state index in [0.717, 1.165) is 28.1 Å². The average molecular weight is 673 g/mol. The summed E-state index contributed by atoms with van der Waals surface area (Å²) in [5, 5.41) is 11.9. The fourth-order valence-electron chi connectivity index (χ4n) is 7.19. The fourth-order valence-corrected chi connectivity index (χ4v) is 7.19. The topological polar surface area (TPSA) is 36.1 Å². The van der Waals surface area contributed by atoms with Crippen LogP contribution in [0.5, 0.6) is 0 Å². The van der Waals surface area contributed by atoms with Gasteiger partial charge in [-0.2, -0.15) is 5.26 Å². The number of rotatable bonds is 8.